The van der Waals surface area contributed by atoms with E-state index in [0.717, 1.165) is 54.2 Å². The summed E-state index contributed by atoms with van der Waals surface area (Å²) >= 11 is 1.71. The van der Waals surface area contributed by atoms with Gasteiger partial charge in [-0.15, -0.1) is 11.3 Å². The lowest BCUT2D eigenvalue weighted by atomic mass is 10.1. The van der Waals surface area contributed by atoms with E-state index in [-0.39, 0.29) is 0 Å². The van der Waals surface area contributed by atoms with E-state index in [2.05, 4.69) is 75.2 Å². The zero-order valence-electron chi connectivity index (χ0n) is 19.0. The van der Waals surface area contributed by atoms with Crippen LogP contribution in [0.4, 0.5) is 0 Å². The smallest absolute Gasteiger partial charge is 0.235 e. The summed E-state index contributed by atoms with van der Waals surface area (Å²) in [4.78, 5) is 19.0. The van der Waals surface area contributed by atoms with Gasteiger partial charge in [-0.2, -0.15) is 0 Å². The number of fused-ring (bicyclic) bond motifs is 7. The van der Waals surface area contributed by atoms with Crippen LogP contribution in [0, 0.1) is 0 Å². The highest BCUT2D eigenvalue weighted by atomic mass is 32.1. The van der Waals surface area contributed by atoms with Gasteiger partial charge in [0.25, 0.3) is 0 Å². The lowest BCUT2D eigenvalue weighted by molar-refractivity contribution is 1.01. The van der Waals surface area contributed by atoms with Crippen LogP contribution in [0.15, 0.2) is 104 Å². The van der Waals surface area contributed by atoms with E-state index in [1.54, 1.807) is 17.7 Å². The van der Waals surface area contributed by atoms with Gasteiger partial charge in [0.1, 0.15) is 6.33 Å². The topological polar surface area (TPSA) is 56.5 Å². The molecular formula is C30H17N5S. The van der Waals surface area contributed by atoms with E-state index >= 15 is 0 Å². The second-order valence-electron chi connectivity index (χ2n) is 8.81. The molecule has 0 saturated carbocycles. The van der Waals surface area contributed by atoms with Crippen molar-refractivity contribution in [3.63, 3.8) is 0 Å². The van der Waals surface area contributed by atoms with Crippen molar-refractivity contribution in [1.82, 2.24) is 24.5 Å². The molecule has 168 valence electrons. The fourth-order valence-corrected chi connectivity index (χ4v) is 6.22. The largest absolute Gasteiger partial charge is 0.278 e. The molecule has 4 aromatic carbocycles. The minimum atomic E-state index is 0.666. The van der Waals surface area contributed by atoms with Crippen LogP contribution in [0.3, 0.4) is 0 Å². The molecule has 5 nitrogen and oxygen atoms in total. The molecular weight excluding hydrogens is 462 g/mol. The van der Waals surface area contributed by atoms with Crippen LogP contribution < -0.4 is 0 Å². The molecule has 4 heterocycles. The van der Waals surface area contributed by atoms with Gasteiger partial charge in [-0.05, 0) is 24.3 Å². The molecule has 36 heavy (non-hydrogen) atoms. The van der Waals surface area contributed by atoms with Crippen LogP contribution in [0.2, 0.25) is 0 Å². The van der Waals surface area contributed by atoms with E-state index in [1.165, 1.54) is 10.1 Å². The first kappa shape index (κ1) is 19.6. The molecule has 0 spiro atoms. The predicted molar refractivity (Wildman–Crippen MR) is 148 cm³/mol. The number of rotatable bonds is 2. The molecule has 8 rings (SSSR count). The first-order chi connectivity index (χ1) is 17.8. The number of nitrogens with zero attached hydrogens (tertiary/aromatic N) is 5. The molecule has 0 aliphatic carbocycles. The van der Waals surface area contributed by atoms with Crippen LogP contribution in [-0.2, 0) is 0 Å². The van der Waals surface area contributed by atoms with Gasteiger partial charge in [0.2, 0.25) is 5.95 Å². The van der Waals surface area contributed by atoms with E-state index in [4.69, 9.17) is 9.97 Å². The number of hydrogen-bond donors (Lipinski definition) is 0. The maximum Gasteiger partial charge on any atom is 0.235 e. The minimum absolute atomic E-state index is 0.666. The number of benzene rings is 4. The predicted octanol–water partition coefficient (Wildman–Crippen LogP) is 7.55. The molecule has 0 amide bonds. The molecule has 8 aromatic rings. The lowest BCUT2D eigenvalue weighted by Crippen LogP contribution is -2.03. The SMILES string of the molecule is c1ccc(-c2nc(-n3c4ccccc4c4cc5c(cc43)sc3cncnc35)nc3ccccc23)cc1. The van der Waals surface area contributed by atoms with E-state index < -0.39 is 0 Å². The summed E-state index contributed by atoms with van der Waals surface area (Å²) in [6, 6.07) is 31.5. The Morgan fingerprint density at radius 2 is 1.44 bits per heavy atom. The molecule has 0 fully saturated rings. The van der Waals surface area contributed by atoms with Gasteiger partial charge in [0, 0.05) is 38.0 Å². The van der Waals surface area contributed by atoms with Crippen molar-refractivity contribution in [3.05, 3.63) is 104 Å². The standard InChI is InChI=1S/C30H17N5S/c1-2-8-18(9-3-1)28-20-11-4-6-12-23(20)33-30(34-28)35-24-13-7-5-10-19(24)21-14-22-26(15-25(21)35)36-27-16-31-17-32-29(22)27/h1-17H. The quantitative estimate of drug-likeness (QED) is 0.257. The maximum absolute atomic E-state index is 5.17. The molecule has 4 aromatic heterocycles. The highest BCUT2D eigenvalue weighted by Crippen LogP contribution is 2.39. The van der Waals surface area contributed by atoms with Gasteiger partial charge in [0.05, 0.1) is 32.5 Å². The third-order valence-electron chi connectivity index (χ3n) is 6.77. The molecule has 0 unspecified atom stereocenters. The van der Waals surface area contributed by atoms with Crippen LogP contribution in [0.25, 0.3) is 70.2 Å². The number of aromatic nitrogens is 5. The van der Waals surface area contributed by atoms with Gasteiger partial charge in [-0.1, -0.05) is 66.7 Å². The van der Waals surface area contributed by atoms with E-state index in [0.29, 0.717) is 5.95 Å². The van der Waals surface area contributed by atoms with Gasteiger partial charge in [0.15, 0.2) is 0 Å². The highest BCUT2D eigenvalue weighted by molar-refractivity contribution is 7.25. The lowest BCUT2D eigenvalue weighted by Gasteiger charge is -2.11. The Bertz CT molecular complexity index is 2110. The normalized spacial score (nSPS) is 11.9. The Morgan fingerprint density at radius 3 is 2.36 bits per heavy atom. The Morgan fingerprint density at radius 1 is 0.639 bits per heavy atom. The summed E-state index contributed by atoms with van der Waals surface area (Å²) in [6.07, 6.45) is 3.51. The monoisotopic (exact) mass is 479 g/mol. The Balaban J connectivity index is 1.52. The summed E-state index contributed by atoms with van der Waals surface area (Å²) in [5, 5.41) is 4.52. The second-order valence-corrected chi connectivity index (χ2v) is 9.89. The van der Waals surface area contributed by atoms with Gasteiger partial charge in [-0.25, -0.2) is 19.9 Å². The first-order valence-corrected chi connectivity index (χ1v) is 12.5. The summed E-state index contributed by atoms with van der Waals surface area (Å²) in [7, 11) is 0. The zero-order chi connectivity index (χ0) is 23.6. The summed E-state index contributed by atoms with van der Waals surface area (Å²) in [6.45, 7) is 0. The summed E-state index contributed by atoms with van der Waals surface area (Å²) in [5.41, 5.74) is 6.09. The van der Waals surface area contributed by atoms with Crippen molar-refractivity contribution in [2.75, 3.05) is 0 Å². The molecule has 0 aliphatic rings. The maximum atomic E-state index is 5.17. The molecule has 0 radical (unpaired) electrons. The summed E-state index contributed by atoms with van der Waals surface area (Å²) < 4.78 is 4.45. The zero-order valence-corrected chi connectivity index (χ0v) is 19.8. The van der Waals surface area contributed by atoms with Crippen molar-refractivity contribution < 1.29 is 0 Å². The third kappa shape index (κ3) is 2.76. The van der Waals surface area contributed by atoms with Crippen molar-refractivity contribution >= 4 is 64.3 Å². The molecule has 0 bridgehead atoms. The number of thiophene rings is 1. The van der Waals surface area contributed by atoms with Crippen molar-refractivity contribution in [2.24, 2.45) is 0 Å². The first-order valence-electron chi connectivity index (χ1n) is 11.7. The number of hydrogen-bond acceptors (Lipinski definition) is 5. The van der Waals surface area contributed by atoms with Crippen molar-refractivity contribution in [1.29, 1.82) is 0 Å². The Hall–Kier alpha value is -4.68. The van der Waals surface area contributed by atoms with Crippen molar-refractivity contribution in [2.45, 2.75) is 0 Å². The minimum Gasteiger partial charge on any atom is -0.278 e. The Labute approximate surface area is 209 Å². The molecule has 0 saturated heterocycles. The molecule has 0 atom stereocenters. The van der Waals surface area contributed by atoms with Gasteiger partial charge in [-0.3, -0.25) is 4.57 Å². The van der Waals surface area contributed by atoms with Crippen LogP contribution >= 0.6 is 11.3 Å². The van der Waals surface area contributed by atoms with E-state index in [1.807, 2.05) is 36.5 Å². The molecule has 0 aliphatic heterocycles. The van der Waals surface area contributed by atoms with Crippen molar-refractivity contribution in [3.8, 4) is 17.2 Å². The average molecular weight is 480 g/mol. The Kier molecular flexibility index (Phi) is 4.03. The van der Waals surface area contributed by atoms with Crippen LogP contribution in [0.1, 0.15) is 0 Å². The molecule has 6 heteroatoms. The fraction of sp³-hybridized carbons (Fsp3) is 0. The van der Waals surface area contributed by atoms with Gasteiger partial charge < -0.3 is 0 Å². The number of para-hydroxylation sites is 2. The average Bonchev–Trinajstić information content (AvgIpc) is 3.46. The fourth-order valence-electron chi connectivity index (χ4n) is 5.17. The van der Waals surface area contributed by atoms with Gasteiger partial charge >= 0.3 is 0 Å². The highest BCUT2D eigenvalue weighted by Gasteiger charge is 2.19. The van der Waals surface area contributed by atoms with Crippen LogP contribution in [-0.4, -0.2) is 24.5 Å². The summed E-state index contributed by atoms with van der Waals surface area (Å²) in [5.74, 6) is 0.666. The second kappa shape index (κ2) is 7.41. The third-order valence-corrected chi connectivity index (χ3v) is 7.84. The van der Waals surface area contributed by atoms with Crippen LogP contribution in [0.5, 0.6) is 0 Å². The van der Waals surface area contributed by atoms with E-state index in [9.17, 15) is 0 Å². The molecule has 0 N–H and O–H groups in total.